The van der Waals surface area contributed by atoms with Gasteiger partial charge < -0.3 is 25.2 Å². The minimum absolute atomic E-state index is 0.100. The van der Waals surface area contributed by atoms with E-state index < -0.39 is 11.9 Å². The normalized spacial score (nSPS) is 12.2. The lowest BCUT2D eigenvalue weighted by atomic mass is 10.2. The molecule has 26 heavy (non-hydrogen) atoms. The van der Waals surface area contributed by atoms with Crippen molar-refractivity contribution in [2.75, 3.05) is 17.4 Å². The van der Waals surface area contributed by atoms with E-state index in [-0.39, 0.29) is 17.9 Å². The summed E-state index contributed by atoms with van der Waals surface area (Å²) in [5.41, 5.74) is 0.957. The summed E-state index contributed by atoms with van der Waals surface area (Å²) in [6.07, 6.45) is 1.28. The standard InChI is InChI=1S/C18H13N3O5/c19-8-12(9-20-14-5-6-15-16(7-14)26-10-25-15)17(22)21-13-3-1-11(2-4-13)18(23)24/h1-7,9,20H,10H2,(H,21,22)(H,23,24)/b12-9-. The Morgan fingerprint density at radius 2 is 1.77 bits per heavy atom. The molecule has 2 aromatic rings. The van der Waals surface area contributed by atoms with E-state index in [2.05, 4.69) is 10.6 Å². The van der Waals surface area contributed by atoms with Crippen molar-refractivity contribution in [2.45, 2.75) is 0 Å². The highest BCUT2D eigenvalue weighted by atomic mass is 16.7. The van der Waals surface area contributed by atoms with Crippen molar-refractivity contribution in [1.29, 1.82) is 5.26 Å². The number of nitrogens with one attached hydrogen (secondary N) is 2. The lowest BCUT2D eigenvalue weighted by molar-refractivity contribution is -0.112. The summed E-state index contributed by atoms with van der Waals surface area (Å²) in [5, 5.41) is 23.4. The summed E-state index contributed by atoms with van der Waals surface area (Å²) in [6, 6.07) is 12.6. The number of rotatable bonds is 5. The SMILES string of the molecule is N#C/C(=C/Nc1ccc2c(c1)OCO2)C(=O)Nc1ccc(C(=O)O)cc1. The lowest BCUT2D eigenvalue weighted by Crippen LogP contribution is -2.14. The predicted molar refractivity (Wildman–Crippen MR) is 91.9 cm³/mol. The molecule has 1 aliphatic heterocycles. The van der Waals surface area contributed by atoms with Crippen LogP contribution in [0.25, 0.3) is 0 Å². The van der Waals surface area contributed by atoms with Gasteiger partial charge in [-0.25, -0.2) is 4.79 Å². The largest absolute Gasteiger partial charge is 0.478 e. The Balaban J connectivity index is 1.67. The van der Waals surface area contributed by atoms with Gasteiger partial charge in [0.2, 0.25) is 6.79 Å². The van der Waals surface area contributed by atoms with Crippen molar-refractivity contribution >= 4 is 23.3 Å². The van der Waals surface area contributed by atoms with Crippen molar-refractivity contribution in [2.24, 2.45) is 0 Å². The zero-order chi connectivity index (χ0) is 18.5. The third-order valence-corrected chi connectivity index (χ3v) is 3.51. The molecule has 0 saturated heterocycles. The Morgan fingerprint density at radius 1 is 1.08 bits per heavy atom. The summed E-state index contributed by atoms with van der Waals surface area (Å²) in [4.78, 5) is 23.0. The van der Waals surface area contributed by atoms with Crippen molar-refractivity contribution in [1.82, 2.24) is 0 Å². The van der Waals surface area contributed by atoms with Crippen molar-refractivity contribution in [3.05, 3.63) is 59.8 Å². The first kappa shape index (κ1) is 16.9. The molecule has 1 amide bonds. The number of carboxylic acid groups (broad SMARTS) is 1. The first-order chi connectivity index (χ1) is 12.6. The highest BCUT2D eigenvalue weighted by Crippen LogP contribution is 2.34. The number of benzene rings is 2. The molecule has 8 nitrogen and oxygen atoms in total. The molecule has 0 saturated carbocycles. The number of carbonyl (C=O) groups is 2. The molecule has 0 spiro atoms. The van der Waals surface area contributed by atoms with Gasteiger partial charge in [-0.2, -0.15) is 5.26 Å². The number of carboxylic acids is 1. The molecule has 1 aliphatic rings. The Morgan fingerprint density at radius 3 is 2.46 bits per heavy atom. The molecule has 130 valence electrons. The Bertz CT molecular complexity index is 929. The van der Waals surface area contributed by atoms with Crippen LogP contribution in [-0.4, -0.2) is 23.8 Å². The molecule has 0 aliphatic carbocycles. The third kappa shape index (κ3) is 3.73. The van der Waals surface area contributed by atoms with E-state index in [1.54, 1.807) is 18.2 Å². The summed E-state index contributed by atoms with van der Waals surface area (Å²) < 4.78 is 10.5. The van der Waals surface area contributed by atoms with Crippen LogP contribution < -0.4 is 20.1 Å². The fourth-order valence-corrected chi connectivity index (χ4v) is 2.18. The van der Waals surface area contributed by atoms with Crippen molar-refractivity contribution < 1.29 is 24.2 Å². The first-order valence-electron chi connectivity index (χ1n) is 7.48. The van der Waals surface area contributed by atoms with Gasteiger partial charge in [-0.3, -0.25) is 4.79 Å². The van der Waals surface area contributed by atoms with Crippen LogP contribution in [0.15, 0.2) is 54.2 Å². The third-order valence-electron chi connectivity index (χ3n) is 3.51. The van der Waals surface area contributed by atoms with Gasteiger partial charge in [-0.1, -0.05) is 0 Å². The van der Waals surface area contributed by atoms with Crippen LogP contribution in [0.5, 0.6) is 11.5 Å². The molecular formula is C18H13N3O5. The fraction of sp³-hybridized carbons (Fsp3) is 0.0556. The van der Waals surface area contributed by atoms with E-state index in [0.29, 0.717) is 22.9 Å². The second kappa shape index (κ2) is 7.27. The Hall–Kier alpha value is -3.99. The number of aromatic carboxylic acids is 1. The van der Waals surface area contributed by atoms with Crippen LogP contribution in [-0.2, 0) is 4.79 Å². The smallest absolute Gasteiger partial charge is 0.335 e. The minimum atomic E-state index is -1.06. The van der Waals surface area contributed by atoms with E-state index in [9.17, 15) is 14.9 Å². The van der Waals surface area contributed by atoms with Crippen molar-refractivity contribution in [3.63, 3.8) is 0 Å². The summed E-state index contributed by atoms with van der Waals surface area (Å²) in [5.74, 6) is -0.482. The van der Waals surface area contributed by atoms with Crippen LogP contribution >= 0.6 is 0 Å². The van der Waals surface area contributed by atoms with Crippen LogP contribution in [0.4, 0.5) is 11.4 Å². The summed E-state index contributed by atoms with van der Waals surface area (Å²) in [7, 11) is 0. The number of hydrogen-bond acceptors (Lipinski definition) is 6. The summed E-state index contributed by atoms with van der Waals surface area (Å²) >= 11 is 0. The fourth-order valence-electron chi connectivity index (χ4n) is 2.18. The summed E-state index contributed by atoms with van der Waals surface area (Å²) in [6.45, 7) is 0.154. The van der Waals surface area contributed by atoms with Gasteiger partial charge >= 0.3 is 5.97 Å². The first-order valence-corrected chi connectivity index (χ1v) is 7.48. The Labute approximate surface area is 148 Å². The van der Waals surface area contributed by atoms with Gasteiger partial charge in [0, 0.05) is 23.6 Å². The number of anilines is 2. The zero-order valence-electron chi connectivity index (χ0n) is 13.4. The van der Waals surface area contributed by atoms with E-state index in [0.717, 1.165) is 0 Å². The molecule has 3 N–H and O–H groups in total. The highest BCUT2D eigenvalue weighted by Gasteiger charge is 2.14. The van der Waals surface area contributed by atoms with E-state index in [1.807, 2.05) is 6.07 Å². The van der Waals surface area contributed by atoms with Gasteiger partial charge in [-0.05, 0) is 36.4 Å². The van der Waals surface area contributed by atoms with E-state index >= 15 is 0 Å². The number of nitrogens with zero attached hydrogens (tertiary/aromatic N) is 1. The number of fused-ring (bicyclic) bond motifs is 1. The molecule has 2 aromatic carbocycles. The molecule has 0 bridgehead atoms. The minimum Gasteiger partial charge on any atom is -0.478 e. The number of amides is 1. The maximum atomic E-state index is 12.2. The second-order valence-electron chi connectivity index (χ2n) is 5.22. The van der Waals surface area contributed by atoms with Crippen LogP contribution in [0.3, 0.4) is 0 Å². The number of ether oxygens (including phenoxy) is 2. The van der Waals surface area contributed by atoms with E-state index in [4.69, 9.17) is 14.6 Å². The highest BCUT2D eigenvalue weighted by molar-refractivity contribution is 6.06. The van der Waals surface area contributed by atoms with E-state index in [1.165, 1.54) is 30.5 Å². The lowest BCUT2D eigenvalue weighted by Gasteiger charge is -2.06. The van der Waals surface area contributed by atoms with Crippen LogP contribution in [0.1, 0.15) is 10.4 Å². The number of carbonyl (C=O) groups excluding carboxylic acids is 1. The van der Waals surface area contributed by atoms with Gasteiger partial charge in [0.25, 0.3) is 5.91 Å². The average molecular weight is 351 g/mol. The second-order valence-corrected chi connectivity index (χ2v) is 5.22. The molecule has 0 unspecified atom stereocenters. The topological polar surface area (TPSA) is 121 Å². The Kier molecular flexibility index (Phi) is 4.71. The van der Waals surface area contributed by atoms with Crippen LogP contribution in [0.2, 0.25) is 0 Å². The molecule has 8 heteroatoms. The van der Waals surface area contributed by atoms with Gasteiger partial charge in [-0.15, -0.1) is 0 Å². The molecule has 3 rings (SSSR count). The molecule has 1 heterocycles. The molecule has 0 fully saturated rings. The molecule has 0 atom stereocenters. The average Bonchev–Trinajstić information content (AvgIpc) is 3.10. The van der Waals surface area contributed by atoms with Gasteiger partial charge in [0.05, 0.1) is 5.56 Å². The number of hydrogen-bond donors (Lipinski definition) is 3. The molecule has 0 radical (unpaired) electrons. The molecule has 0 aromatic heterocycles. The zero-order valence-corrected chi connectivity index (χ0v) is 13.4. The predicted octanol–water partition coefficient (Wildman–Crippen LogP) is 2.57. The molecular weight excluding hydrogens is 338 g/mol. The van der Waals surface area contributed by atoms with Gasteiger partial charge in [0.1, 0.15) is 11.6 Å². The van der Waals surface area contributed by atoms with Crippen LogP contribution in [0, 0.1) is 11.3 Å². The maximum absolute atomic E-state index is 12.2. The van der Waals surface area contributed by atoms with Crippen molar-refractivity contribution in [3.8, 4) is 17.6 Å². The quantitative estimate of drug-likeness (QED) is 0.559. The van der Waals surface area contributed by atoms with Gasteiger partial charge in [0.15, 0.2) is 11.5 Å². The number of nitriles is 1. The maximum Gasteiger partial charge on any atom is 0.335 e. The monoisotopic (exact) mass is 351 g/mol.